The van der Waals surface area contributed by atoms with Gasteiger partial charge in [-0.2, -0.15) is 0 Å². The van der Waals surface area contributed by atoms with Crippen LogP contribution in [0.1, 0.15) is 31.0 Å². The molecule has 0 bridgehead atoms. The monoisotopic (exact) mass is 541 g/mol. The molecule has 4 atom stereocenters. The van der Waals surface area contributed by atoms with Crippen LogP contribution in [0.25, 0.3) is 10.9 Å². The van der Waals surface area contributed by atoms with Crippen LogP contribution in [0.15, 0.2) is 43.0 Å². The molecule has 0 aliphatic carbocycles. The Morgan fingerprint density at radius 1 is 0.949 bits per heavy atom. The van der Waals surface area contributed by atoms with Gasteiger partial charge in [0.05, 0.1) is 12.4 Å². The van der Waals surface area contributed by atoms with Crippen molar-refractivity contribution in [3.05, 3.63) is 54.2 Å². The third kappa shape index (κ3) is 8.13. The first-order chi connectivity index (χ1) is 18.5. The van der Waals surface area contributed by atoms with Crippen molar-refractivity contribution in [2.45, 2.75) is 56.8 Å². The Morgan fingerprint density at radius 3 is 2.33 bits per heavy atom. The minimum Gasteiger partial charge on any atom is -0.481 e. The van der Waals surface area contributed by atoms with Crippen molar-refractivity contribution >= 4 is 40.6 Å². The molecule has 2 heterocycles. The zero-order valence-electron chi connectivity index (χ0n) is 21.1. The first-order valence-corrected chi connectivity index (χ1v) is 12.2. The standard InChI is InChI=1S/C25H31N7O7/c1-13(30-23(36)17(26)9-15-11-27-12-29-15)22(35)31-19(6-7-21(33)34)24(37)32-20(25(38)39)8-14-10-28-18-5-3-2-4-16(14)18/h2-5,10-13,17,19-20,28H,6-9,26H2,1H3,(H,27,29)(H,30,36)(H,31,35)(H,32,37)(H,33,34)(H,38,39). The van der Waals surface area contributed by atoms with Gasteiger partial charge in [0.25, 0.3) is 0 Å². The van der Waals surface area contributed by atoms with E-state index in [0.717, 1.165) is 10.9 Å². The van der Waals surface area contributed by atoms with Crippen LogP contribution >= 0.6 is 0 Å². The number of imidazole rings is 1. The first-order valence-electron chi connectivity index (χ1n) is 12.2. The number of nitrogens with one attached hydrogen (secondary N) is 5. The second-order valence-corrected chi connectivity index (χ2v) is 9.07. The molecule has 3 aromatic rings. The molecule has 9 N–H and O–H groups in total. The quantitative estimate of drug-likeness (QED) is 0.130. The Kier molecular flexibility index (Phi) is 9.75. The van der Waals surface area contributed by atoms with E-state index in [1.54, 1.807) is 12.3 Å². The Morgan fingerprint density at radius 2 is 1.67 bits per heavy atom. The van der Waals surface area contributed by atoms with Crippen LogP contribution in [-0.2, 0) is 36.8 Å². The van der Waals surface area contributed by atoms with E-state index in [-0.39, 0.29) is 19.3 Å². The number of carboxylic acid groups (broad SMARTS) is 2. The van der Waals surface area contributed by atoms with Crippen LogP contribution in [-0.4, -0.2) is 79.0 Å². The molecule has 0 radical (unpaired) electrons. The highest BCUT2D eigenvalue weighted by atomic mass is 16.4. The van der Waals surface area contributed by atoms with Crippen LogP contribution in [0.4, 0.5) is 0 Å². The molecule has 3 amide bonds. The molecule has 1 aromatic carbocycles. The van der Waals surface area contributed by atoms with E-state index in [4.69, 9.17) is 10.8 Å². The maximum absolute atomic E-state index is 13.0. The number of rotatable bonds is 14. The summed E-state index contributed by atoms with van der Waals surface area (Å²) < 4.78 is 0. The molecule has 0 fully saturated rings. The van der Waals surface area contributed by atoms with Crippen LogP contribution in [0.2, 0.25) is 0 Å². The fourth-order valence-electron chi connectivity index (χ4n) is 3.94. The lowest BCUT2D eigenvalue weighted by Crippen LogP contribution is -2.56. The predicted molar refractivity (Wildman–Crippen MR) is 138 cm³/mol. The van der Waals surface area contributed by atoms with Crippen molar-refractivity contribution in [3.8, 4) is 0 Å². The molecule has 2 aromatic heterocycles. The number of benzene rings is 1. The summed E-state index contributed by atoms with van der Waals surface area (Å²) in [6, 6.07) is 2.46. The average Bonchev–Trinajstić information content (AvgIpc) is 3.55. The summed E-state index contributed by atoms with van der Waals surface area (Å²) in [5.74, 6) is -4.77. The molecule has 39 heavy (non-hydrogen) atoms. The summed E-state index contributed by atoms with van der Waals surface area (Å²) in [5, 5.41) is 26.9. The molecular weight excluding hydrogens is 510 g/mol. The summed E-state index contributed by atoms with van der Waals surface area (Å²) in [4.78, 5) is 71.0. The van der Waals surface area contributed by atoms with E-state index in [9.17, 15) is 29.1 Å². The van der Waals surface area contributed by atoms with Gasteiger partial charge in [-0.1, -0.05) is 18.2 Å². The molecule has 0 aliphatic rings. The van der Waals surface area contributed by atoms with Gasteiger partial charge in [-0.15, -0.1) is 0 Å². The van der Waals surface area contributed by atoms with Gasteiger partial charge in [-0.3, -0.25) is 19.2 Å². The van der Waals surface area contributed by atoms with Crippen molar-refractivity contribution in [2.75, 3.05) is 0 Å². The van der Waals surface area contributed by atoms with Gasteiger partial charge in [0.15, 0.2) is 0 Å². The van der Waals surface area contributed by atoms with Crippen LogP contribution in [0.3, 0.4) is 0 Å². The number of para-hydroxylation sites is 1. The smallest absolute Gasteiger partial charge is 0.326 e. The fraction of sp³-hybridized carbons (Fsp3) is 0.360. The third-order valence-electron chi connectivity index (χ3n) is 6.08. The van der Waals surface area contributed by atoms with E-state index in [2.05, 4.69) is 30.9 Å². The lowest BCUT2D eigenvalue weighted by Gasteiger charge is -2.23. The number of nitrogens with two attached hydrogens (primary N) is 1. The molecule has 14 nitrogen and oxygen atoms in total. The van der Waals surface area contributed by atoms with Crippen molar-refractivity contribution in [1.29, 1.82) is 0 Å². The van der Waals surface area contributed by atoms with E-state index < -0.39 is 60.2 Å². The largest absolute Gasteiger partial charge is 0.481 e. The minimum atomic E-state index is -1.36. The van der Waals surface area contributed by atoms with E-state index in [0.29, 0.717) is 11.3 Å². The topological polar surface area (TPSA) is 232 Å². The number of carbonyl (C=O) groups is 5. The van der Waals surface area contributed by atoms with Gasteiger partial charge < -0.3 is 41.9 Å². The van der Waals surface area contributed by atoms with Gasteiger partial charge in [0, 0.05) is 48.3 Å². The summed E-state index contributed by atoms with van der Waals surface area (Å²) in [7, 11) is 0. The number of aromatic amines is 2. The van der Waals surface area contributed by atoms with E-state index >= 15 is 0 Å². The van der Waals surface area contributed by atoms with Crippen LogP contribution < -0.4 is 21.7 Å². The Hall–Kier alpha value is -4.72. The number of H-pyrrole nitrogens is 2. The number of hydrogen-bond acceptors (Lipinski definition) is 7. The Balaban J connectivity index is 1.64. The maximum atomic E-state index is 13.0. The van der Waals surface area contributed by atoms with Gasteiger partial charge in [0.1, 0.15) is 18.1 Å². The van der Waals surface area contributed by atoms with Gasteiger partial charge in [0.2, 0.25) is 17.7 Å². The van der Waals surface area contributed by atoms with E-state index in [1.165, 1.54) is 19.4 Å². The summed E-state index contributed by atoms with van der Waals surface area (Å²) in [6.07, 6.45) is 3.94. The maximum Gasteiger partial charge on any atom is 0.326 e. The molecule has 0 saturated carbocycles. The molecule has 4 unspecified atom stereocenters. The number of hydrogen-bond donors (Lipinski definition) is 8. The number of nitrogens with zero attached hydrogens (tertiary/aromatic N) is 1. The summed E-state index contributed by atoms with van der Waals surface area (Å²) >= 11 is 0. The molecule has 208 valence electrons. The normalized spacial score (nSPS) is 14.1. The van der Waals surface area contributed by atoms with Gasteiger partial charge in [-0.05, 0) is 25.0 Å². The van der Waals surface area contributed by atoms with Crippen molar-refractivity contribution in [1.82, 2.24) is 30.9 Å². The lowest BCUT2D eigenvalue weighted by molar-refractivity contribution is -0.143. The molecule has 0 saturated heterocycles. The molecule has 14 heteroatoms. The predicted octanol–water partition coefficient (Wildman–Crippen LogP) is -0.573. The highest BCUT2D eigenvalue weighted by Gasteiger charge is 2.30. The van der Waals surface area contributed by atoms with Crippen LogP contribution in [0.5, 0.6) is 0 Å². The number of carbonyl (C=O) groups excluding carboxylic acids is 3. The SMILES string of the molecule is CC(NC(=O)C(N)Cc1cnc[nH]1)C(=O)NC(CCC(=O)O)C(=O)NC(Cc1c[nH]c2ccccc12)C(=O)O. The highest BCUT2D eigenvalue weighted by Crippen LogP contribution is 2.19. The zero-order valence-corrected chi connectivity index (χ0v) is 21.1. The highest BCUT2D eigenvalue weighted by molar-refractivity contribution is 5.94. The van der Waals surface area contributed by atoms with Gasteiger partial charge >= 0.3 is 11.9 Å². The second-order valence-electron chi connectivity index (χ2n) is 9.07. The zero-order chi connectivity index (χ0) is 28.5. The van der Waals surface area contributed by atoms with Crippen LogP contribution in [0, 0.1) is 0 Å². The second kappa shape index (κ2) is 13.2. The molecule has 0 spiro atoms. The first kappa shape index (κ1) is 28.8. The fourth-order valence-corrected chi connectivity index (χ4v) is 3.94. The number of amides is 3. The lowest BCUT2D eigenvalue weighted by atomic mass is 10.0. The van der Waals surface area contributed by atoms with Crippen molar-refractivity contribution in [2.24, 2.45) is 5.73 Å². The molecule has 3 rings (SSSR count). The Bertz CT molecular complexity index is 1320. The number of aliphatic carboxylic acids is 2. The number of fused-ring (bicyclic) bond motifs is 1. The number of aromatic nitrogens is 3. The minimum absolute atomic E-state index is 0.0502. The van der Waals surface area contributed by atoms with Crippen molar-refractivity contribution in [3.63, 3.8) is 0 Å². The molecule has 0 aliphatic heterocycles. The van der Waals surface area contributed by atoms with Gasteiger partial charge in [-0.25, -0.2) is 9.78 Å². The Labute approximate surface area is 222 Å². The molecular formula is C25H31N7O7. The summed E-state index contributed by atoms with van der Waals surface area (Å²) in [5.41, 5.74) is 7.97. The number of carboxylic acids is 2. The summed E-state index contributed by atoms with van der Waals surface area (Å²) in [6.45, 7) is 1.37. The average molecular weight is 542 g/mol. The van der Waals surface area contributed by atoms with E-state index in [1.807, 2.05) is 18.2 Å². The van der Waals surface area contributed by atoms with Crippen molar-refractivity contribution < 1.29 is 34.2 Å². The third-order valence-corrected chi connectivity index (χ3v) is 6.08.